The quantitative estimate of drug-likeness (QED) is 0.883. The van der Waals surface area contributed by atoms with Crippen LogP contribution in [0.25, 0.3) is 10.9 Å². The zero-order chi connectivity index (χ0) is 15.6. The van der Waals surface area contributed by atoms with Crippen LogP contribution in [0.1, 0.15) is 23.0 Å². The third-order valence-electron chi connectivity index (χ3n) is 3.07. The van der Waals surface area contributed by atoms with Crippen molar-refractivity contribution in [3.63, 3.8) is 0 Å². The minimum atomic E-state index is -4.42. The van der Waals surface area contributed by atoms with Gasteiger partial charge in [0.25, 0.3) is 0 Å². The van der Waals surface area contributed by atoms with Gasteiger partial charge in [0, 0.05) is 24.0 Å². The van der Waals surface area contributed by atoms with E-state index in [-0.39, 0.29) is 18.8 Å². The molecule has 0 atom stereocenters. The van der Waals surface area contributed by atoms with E-state index in [2.05, 4.69) is 0 Å². The first-order valence-electron chi connectivity index (χ1n) is 6.46. The Morgan fingerprint density at radius 1 is 1.33 bits per heavy atom. The summed E-state index contributed by atoms with van der Waals surface area (Å²) in [6.07, 6.45) is -4.42. The molecule has 7 heteroatoms. The molecular formula is C14H15F3N2O2. The predicted molar refractivity (Wildman–Crippen MR) is 72.0 cm³/mol. The van der Waals surface area contributed by atoms with E-state index in [0.29, 0.717) is 17.4 Å². The van der Waals surface area contributed by atoms with Crippen molar-refractivity contribution in [3.05, 3.63) is 35.5 Å². The van der Waals surface area contributed by atoms with Gasteiger partial charge in [-0.05, 0) is 31.2 Å². The predicted octanol–water partition coefficient (Wildman–Crippen LogP) is 2.80. The van der Waals surface area contributed by atoms with E-state index in [1.54, 1.807) is 11.5 Å². The summed E-state index contributed by atoms with van der Waals surface area (Å²) in [4.78, 5) is 11.9. The highest BCUT2D eigenvalue weighted by molar-refractivity contribution is 5.95. The van der Waals surface area contributed by atoms with E-state index < -0.39 is 17.7 Å². The van der Waals surface area contributed by atoms with Crippen molar-refractivity contribution in [2.24, 2.45) is 5.73 Å². The smallest absolute Gasteiger partial charge is 0.416 e. The Balaban J connectivity index is 2.58. The number of fused-ring (bicyclic) bond motifs is 1. The molecular weight excluding hydrogens is 285 g/mol. The van der Waals surface area contributed by atoms with Crippen LogP contribution in [0.3, 0.4) is 0 Å². The van der Waals surface area contributed by atoms with Crippen LogP contribution in [0.4, 0.5) is 13.2 Å². The first-order chi connectivity index (χ1) is 9.88. The average molecular weight is 300 g/mol. The number of aromatic nitrogens is 1. The fourth-order valence-corrected chi connectivity index (χ4v) is 2.19. The Bertz CT molecular complexity index is 662. The number of carbonyl (C=O) groups excluding carboxylic acids is 1. The minimum Gasteiger partial charge on any atom is -0.461 e. The zero-order valence-electron chi connectivity index (χ0n) is 11.4. The molecule has 0 aliphatic heterocycles. The lowest BCUT2D eigenvalue weighted by molar-refractivity contribution is -0.137. The highest BCUT2D eigenvalue weighted by Gasteiger charge is 2.31. The molecule has 0 saturated carbocycles. The van der Waals surface area contributed by atoms with E-state index in [1.807, 2.05) is 0 Å². The number of nitrogens with two attached hydrogens (primary N) is 1. The number of nitrogens with zero attached hydrogens (tertiary/aromatic N) is 1. The van der Waals surface area contributed by atoms with Crippen molar-refractivity contribution in [2.45, 2.75) is 19.6 Å². The maximum Gasteiger partial charge on any atom is 0.416 e. The van der Waals surface area contributed by atoms with E-state index in [1.165, 1.54) is 12.1 Å². The van der Waals surface area contributed by atoms with Gasteiger partial charge < -0.3 is 15.0 Å². The van der Waals surface area contributed by atoms with Crippen LogP contribution in [-0.2, 0) is 17.5 Å². The maximum absolute atomic E-state index is 12.7. The van der Waals surface area contributed by atoms with Crippen molar-refractivity contribution in [1.29, 1.82) is 0 Å². The molecule has 1 aromatic heterocycles. The summed E-state index contributed by atoms with van der Waals surface area (Å²) < 4.78 is 44.7. The Morgan fingerprint density at radius 3 is 2.62 bits per heavy atom. The van der Waals surface area contributed by atoms with Gasteiger partial charge in [0.1, 0.15) is 5.69 Å². The van der Waals surface area contributed by atoms with Crippen LogP contribution in [0, 0.1) is 0 Å². The van der Waals surface area contributed by atoms with E-state index in [4.69, 9.17) is 10.5 Å². The van der Waals surface area contributed by atoms with E-state index in [0.717, 1.165) is 12.1 Å². The number of carbonyl (C=O) groups is 1. The second-order valence-corrected chi connectivity index (χ2v) is 4.46. The first-order valence-corrected chi connectivity index (χ1v) is 6.46. The van der Waals surface area contributed by atoms with Crippen LogP contribution in [-0.4, -0.2) is 23.7 Å². The molecule has 2 aromatic rings. The van der Waals surface area contributed by atoms with Gasteiger partial charge in [0.05, 0.1) is 12.2 Å². The summed E-state index contributed by atoms with van der Waals surface area (Å²) in [5.41, 5.74) is 5.48. The number of esters is 1. The minimum absolute atomic E-state index is 0.191. The molecule has 0 radical (unpaired) electrons. The van der Waals surface area contributed by atoms with Crippen molar-refractivity contribution in [1.82, 2.24) is 4.57 Å². The molecule has 1 aromatic carbocycles. The van der Waals surface area contributed by atoms with Crippen molar-refractivity contribution >= 4 is 16.9 Å². The molecule has 114 valence electrons. The Morgan fingerprint density at radius 2 is 2.05 bits per heavy atom. The largest absolute Gasteiger partial charge is 0.461 e. The molecule has 1 heterocycles. The normalized spacial score (nSPS) is 11.9. The van der Waals surface area contributed by atoms with Crippen molar-refractivity contribution < 1.29 is 22.7 Å². The molecule has 0 fully saturated rings. The third kappa shape index (κ3) is 3.02. The maximum atomic E-state index is 12.7. The standard InChI is InChI=1S/C14H15F3N2O2/c1-2-21-13(20)12-8-9-7-10(14(15,16)17)3-4-11(9)19(12)6-5-18/h3-4,7-8H,2,5-6,18H2,1H3. The van der Waals surface area contributed by atoms with Gasteiger partial charge in [-0.15, -0.1) is 0 Å². The van der Waals surface area contributed by atoms with Crippen molar-refractivity contribution in [3.8, 4) is 0 Å². The van der Waals surface area contributed by atoms with Gasteiger partial charge in [-0.1, -0.05) is 0 Å². The van der Waals surface area contributed by atoms with Crippen molar-refractivity contribution in [2.75, 3.05) is 13.2 Å². The summed E-state index contributed by atoms with van der Waals surface area (Å²) in [7, 11) is 0. The Labute approximate surface area is 119 Å². The molecule has 0 saturated heterocycles. The molecule has 0 spiro atoms. The molecule has 0 unspecified atom stereocenters. The van der Waals surface area contributed by atoms with Gasteiger partial charge in [-0.2, -0.15) is 13.2 Å². The van der Waals surface area contributed by atoms with E-state index >= 15 is 0 Å². The summed E-state index contributed by atoms with van der Waals surface area (Å²) in [5, 5.41) is 0.335. The molecule has 0 aliphatic carbocycles. The van der Waals surface area contributed by atoms with Gasteiger partial charge in [0.2, 0.25) is 0 Å². The second kappa shape index (κ2) is 5.77. The second-order valence-electron chi connectivity index (χ2n) is 4.46. The Kier molecular flexibility index (Phi) is 4.22. The number of hydrogen-bond donors (Lipinski definition) is 1. The molecule has 0 amide bonds. The van der Waals surface area contributed by atoms with Gasteiger partial charge in [-0.25, -0.2) is 4.79 Å². The molecule has 0 aliphatic rings. The van der Waals surface area contributed by atoms with Crippen LogP contribution in [0.5, 0.6) is 0 Å². The van der Waals surface area contributed by atoms with Gasteiger partial charge in [0.15, 0.2) is 0 Å². The summed E-state index contributed by atoms with van der Waals surface area (Å²) in [5.74, 6) is -0.573. The van der Waals surface area contributed by atoms with Crippen LogP contribution in [0.15, 0.2) is 24.3 Å². The monoisotopic (exact) mass is 300 g/mol. The number of benzene rings is 1. The van der Waals surface area contributed by atoms with Crippen LogP contribution < -0.4 is 5.73 Å². The van der Waals surface area contributed by atoms with Gasteiger partial charge >= 0.3 is 12.1 Å². The number of rotatable bonds is 4. The SMILES string of the molecule is CCOC(=O)c1cc2cc(C(F)(F)F)ccc2n1CCN. The number of hydrogen-bond acceptors (Lipinski definition) is 3. The van der Waals surface area contributed by atoms with Crippen LogP contribution in [0.2, 0.25) is 0 Å². The summed E-state index contributed by atoms with van der Waals surface area (Å²) in [6.45, 7) is 2.44. The molecule has 2 rings (SSSR count). The lowest BCUT2D eigenvalue weighted by atomic mass is 10.1. The third-order valence-corrected chi connectivity index (χ3v) is 3.07. The van der Waals surface area contributed by atoms with Crippen LogP contribution >= 0.6 is 0 Å². The fraction of sp³-hybridized carbons (Fsp3) is 0.357. The Hall–Kier alpha value is -2.02. The average Bonchev–Trinajstić information content (AvgIpc) is 2.77. The lowest BCUT2D eigenvalue weighted by Gasteiger charge is -2.09. The molecule has 0 bridgehead atoms. The number of ether oxygens (including phenoxy) is 1. The first kappa shape index (κ1) is 15.4. The molecule has 21 heavy (non-hydrogen) atoms. The van der Waals surface area contributed by atoms with Gasteiger partial charge in [-0.3, -0.25) is 0 Å². The number of alkyl halides is 3. The highest BCUT2D eigenvalue weighted by Crippen LogP contribution is 2.32. The summed E-state index contributed by atoms with van der Waals surface area (Å²) >= 11 is 0. The van der Waals surface area contributed by atoms with E-state index in [9.17, 15) is 18.0 Å². The molecule has 4 nitrogen and oxygen atoms in total. The lowest BCUT2D eigenvalue weighted by Crippen LogP contribution is -2.16. The fourth-order valence-electron chi connectivity index (χ4n) is 2.19. The highest BCUT2D eigenvalue weighted by atomic mass is 19.4. The molecule has 2 N–H and O–H groups in total. The topological polar surface area (TPSA) is 57.2 Å². The number of halogens is 3. The zero-order valence-corrected chi connectivity index (χ0v) is 11.4. The summed E-state index contributed by atoms with van der Waals surface area (Å²) in [6, 6.07) is 4.75.